The molecule has 0 unspecified atom stereocenters. The predicted molar refractivity (Wildman–Crippen MR) is 66.5 cm³/mol. The van der Waals surface area contributed by atoms with Gasteiger partial charge in [0.1, 0.15) is 11.3 Å². The van der Waals surface area contributed by atoms with Crippen LogP contribution in [0.1, 0.15) is 29.8 Å². The molecule has 0 amide bonds. The minimum absolute atomic E-state index is 0.258. The minimum Gasteiger partial charge on any atom is -0.382 e. The molecular weight excluding hydrogens is 270 g/mol. The van der Waals surface area contributed by atoms with Crippen molar-refractivity contribution in [1.29, 1.82) is 0 Å². The molecule has 2 aromatic heterocycles. The van der Waals surface area contributed by atoms with Crippen LogP contribution in [0.5, 0.6) is 0 Å². The second kappa shape index (κ2) is 4.65. The van der Waals surface area contributed by atoms with Crippen LogP contribution in [0.3, 0.4) is 0 Å². The highest BCUT2D eigenvalue weighted by molar-refractivity contribution is 9.10. The van der Waals surface area contributed by atoms with Crippen LogP contribution in [0.2, 0.25) is 0 Å². The van der Waals surface area contributed by atoms with Gasteiger partial charge in [-0.3, -0.25) is 9.20 Å². The van der Waals surface area contributed by atoms with E-state index in [1.807, 2.05) is 6.07 Å². The standard InChI is InChI=1S/C8H6BrN3O.C3H6/c9-5-1-2-7-11-8(10)6(4-13)12(7)3-5;1-2-3-1/h1-4H,10H2;1-3H2. The van der Waals surface area contributed by atoms with Crippen molar-refractivity contribution >= 4 is 33.7 Å². The third kappa shape index (κ3) is 2.41. The molecule has 0 saturated heterocycles. The fraction of sp³-hybridized carbons (Fsp3) is 0.273. The number of anilines is 1. The molecule has 0 spiro atoms. The van der Waals surface area contributed by atoms with Crippen molar-refractivity contribution in [2.75, 3.05) is 5.73 Å². The number of aldehydes is 1. The second-order valence-corrected chi connectivity index (χ2v) is 4.55. The first-order valence-corrected chi connectivity index (χ1v) is 5.90. The summed E-state index contributed by atoms with van der Waals surface area (Å²) in [6, 6.07) is 3.63. The maximum atomic E-state index is 10.7. The molecule has 0 aliphatic heterocycles. The maximum absolute atomic E-state index is 10.7. The number of rotatable bonds is 1. The van der Waals surface area contributed by atoms with E-state index in [1.54, 1.807) is 16.7 Å². The van der Waals surface area contributed by atoms with Gasteiger partial charge in [-0.05, 0) is 28.1 Å². The summed E-state index contributed by atoms with van der Waals surface area (Å²) in [7, 11) is 0. The first kappa shape index (κ1) is 11.1. The monoisotopic (exact) mass is 281 g/mol. The number of aromatic nitrogens is 2. The topological polar surface area (TPSA) is 60.4 Å². The number of hydrogen-bond donors (Lipinski definition) is 1. The van der Waals surface area contributed by atoms with E-state index in [2.05, 4.69) is 20.9 Å². The van der Waals surface area contributed by atoms with E-state index in [4.69, 9.17) is 5.73 Å². The molecule has 0 radical (unpaired) electrons. The number of hydrogen-bond acceptors (Lipinski definition) is 3. The molecule has 0 bridgehead atoms. The Morgan fingerprint density at radius 2 is 2.06 bits per heavy atom. The highest BCUT2D eigenvalue weighted by Gasteiger charge is 2.07. The van der Waals surface area contributed by atoms with Gasteiger partial charge in [0, 0.05) is 10.7 Å². The van der Waals surface area contributed by atoms with E-state index >= 15 is 0 Å². The lowest BCUT2D eigenvalue weighted by molar-refractivity contribution is 0.111. The summed E-state index contributed by atoms with van der Waals surface area (Å²) < 4.78 is 2.52. The van der Waals surface area contributed by atoms with Gasteiger partial charge in [-0.1, -0.05) is 19.3 Å². The Balaban J connectivity index is 0.000000278. The molecule has 1 fully saturated rings. The van der Waals surface area contributed by atoms with Crippen LogP contribution in [0, 0.1) is 0 Å². The van der Waals surface area contributed by atoms with Crippen LogP contribution < -0.4 is 5.73 Å². The molecule has 16 heavy (non-hydrogen) atoms. The fourth-order valence-electron chi connectivity index (χ4n) is 1.17. The van der Waals surface area contributed by atoms with Gasteiger partial charge < -0.3 is 5.73 Å². The number of carbonyl (C=O) groups is 1. The quantitative estimate of drug-likeness (QED) is 0.818. The number of nitrogens with zero attached hydrogens (tertiary/aromatic N) is 2. The minimum atomic E-state index is 0.258. The Bertz CT molecular complexity index is 516. The van der Waals surface area contributed by atoms with E-state index in [1.165, 1.54) is 19.3 Å². The number of imidazole rings is 1. The highest BCUT2D eigenvalue weighted by atomic mass is 79.9. The molecule has 84 valence electrons. The fourth-order valence-corrected chi connectivity index (χ4v) is 1.51. The van der Waals surface area contributed by atoms with Crippen molar-refractivity contribution in [3.63, 3.8) is 0 Å². The van der Waals surface area contributed by atoms with E-state index in [9.17, 15) is 4.79 Å². The Morgan fingerprint density at radius 1 is 1.38 bits per heavy atom. The summed E-state index contributed by atoms with van der Waals surface area (Å²) in [5.74, 6) is 0.258. The predicted octanol–water partition coefficient (Wildman–Crippen LogP) is 2.66. The van der Waals surface area contributed by atoms with Crippen LogP contribution in [-0.2, 0) is 0 Å². The van der Waals surface area contributed by atoms with E-state index in [-0.39, 0.29) is 5.82 Å². The molecule has 2 aromatic rings. The third-order valence-corrected chi connectivity index (χ3v) is 2.58. The van der Waals surface area contributed by atoms with Gasteiger partial charge in [0.05, 0.1) is 0 Å². The summed E-state index contributed by atoms with van der Waals surface area (Å²) in [6.07, 6.45) is 6.95. The average Bonchev–Trinajstić information content (AvgIpc) is 3.08. The normalized spacial score (nSPS) is 13.1. The van der Waals surface area contributed by atoms with Gasteiger partial charge in [-0.15, -0.1) is 0 Å². The van der Waals surface area contributed by atoms with Gasteiger partial charge in [0.25, 0.3) is 0 Å². The van der Waals surface area contributed by atoms with Crippen molar-refractivity contribution in [2.24, 2.45) is 0 Å². The number of halogens is 1. The first-order valence-electron chi connectivity index (χ1n) is 5.10. The van der Waals surface area contributed by atoms with E-state index in [0.717, 1.165) is 4.47 Å². The summed E-state index contributed by atoms with van der Waals surface area (Å²) >= 11 is 3.30. The summed E-state index contributed by atoms with van der Waals surface area (Å²) in [5, 5.41) is 0. The third-order valence-electron chi connectivity index (χ3n) is 2.11. The molecule has 0 aromatic carbocycles. The van der Waals surface area contributed by atoms with Crippen LogP contribution in [-0.4, -0.2) is 15.7 Å². The SMILES string of the molecule is C1CC1.Nc1nc2ccc(Br)cn2c1C=O. The van der Waals surface area contributed by atoms with Crippen molar-refractivity contribution in [3.8, 4) is 0 Å². The van der Waals surface area contributed by atoms with Gasteiger partial charge in [0.15, 0.2) is 12.1 Å². The molecule has 0 atom stereocenters. The lowest BCUT2D eigenvalue weighted by Gasteiger charge is -1.95. The number of carbonyl (C=O) groups excluding carboxylic acids is 1. The zero-order chi connectivity index (χ0) is 11.5. The Labute approximate surface area is 102 Å². The summed E-state index contributed by atoms with van der Waals surface area (Å²) in [5.41, 5.74) is 6.59. The summed E-state index contributed by atoms with van der Waals surface area (Å²) in [4.78, 5) is 14.7. The van der Waals surface area contributed by atoms with E-state index in [0.29, 0.717) is 17.6 Å². The van der Waals surface area contributed by atoms with Gasteiger partial charge in [-0.2, -0.15) is 0 Å². The van der Waals surface area contributed by atoms with Crippen LogP contribution in [0.15, 0.2) is 22.8 Å². The Morgan fingerprint density at radius 3 is 2.62 bits per heavy atom. The molecule has 3 rings (SSSR count). The molecule has 2 heterocycles. The molecule has 4 nitrogen and oxygen atoms in total. The number of nitrogen functional groups attached to an aromatic ring is 1. The Hall–Kier alpha value is -1.36. The smallest absolute Gasteiger partial charge is 0.170 e. The molecule has 5 heteroatoms. The van der Waals surface area contributed by atoms with Gasteiger partial charge >= 0.3 is 0 Å². The molecule has 1 aliphatic rings. The molecule has 1 aliphatic carbocycles. The maximum Gasteiger partial charge on any atom is 0.170 e. The Kier molecular flexibility index (Phi) is 3.24. The average molecular weight is 282 g/mol. The highest BCUT2D eigenvalue weighted by Crippen LogP contribution is 2.16. The van der Waals surface area contributed by atoms with Crippen LogP contribution in [0.4, 0.5) is 5.82 Å². The molecule has 1 saturated carbocycles. The number of fused-ring (bicyclic) bond motifs is 1. The van der Waals surface area contributed by atoms with Gasteiger partial charge in [-0.25, -0.2) is 4.98 Å². The molecular formula is C11H12BrN3O. The lowest BCUT2D eigenvalue weighted by atomic mass is 10.4. The number of pyridine rings is 1. The van der Waals surface area contributed by atoms with Gasteiger partial charge in [0.2, 0.25) is 0 Å². The first-order chi connectivity index (χ1) is 7.72. The zero-order valence-electron chi connectivity index (χ0n) is 8.69. The van der Waals surface area contributed by atoms with Crippen LogP contribution >= 0.6 is 15.9 Å². The van der Waals surface area contributed by atoms with Crippen molar-refractivity contribution in [1.82, 2.24) is 9.38 Å². The molecule has 2 N–H and O–H groups in total. The summed E-state index contributed by atoms with van der Waals surface area (Å²) in [6.45, 7) is 0. The largest absolute Gasteiger partial charge is 0.382 e. The van der Waals surface area contributed by atoms with Crippen molar-refractivity contribution in [2.45, 2.75) is 19.3 Å². The lowest BCUT2D eigenvalue weighted by Crippen LogP contribution is -1.94. The zero-order valence-corrected chi connectivity index (χ0v) is 10.3. The van der Waals surface area contributed by atoms with Crippen LogP contribution in [0.25, 0.3) is 5.65 Å². The second-order valence-electron chi connectivity index (χ2n) is 3.64. The van der Waals surface area contributed by atoms with Crippen molar-refractivity contribution < 1.29 is 4.79 Å². The van der Waals surface area contributed by atoms with E-state index < -0.39 is 0 Å². The number of nitrogens with two attached hydrogens (primary N) is 1. The van der Waals surface area contributed by atoms with Crippen molar-refractivity contribution in [3.05, 3.63) is 28.5 Å².